The van der Waals surface area contributed by atoms with Gasteiger partial charge in [0.2, 0.25) is 11.4 Å². The molecule has 0 spiro atoms. The lowest BCUT2D eigenvalue weighted by atomic mass is 10.6. The van der Waals surface area contributed by atoms with E-state index in [9.17, 15) is 0 Å². The fourth-order valence-electron chi connectivity index (χ4n) is 0.220. The van der Waals surface area contributed by atoms with E-state index < -0.39 is 0 Å². The van der Waals surface area contributed by atoms with Gasteiger partial charge in [0.25, 0.3) is 0 Å². The lowest BCUT2D eigenvalue weighted by Crippen LogP contribution is -1.80. The highest BCUT2D eigenvalue weighted by Gasteiger charge is 2.07. The quantitative estimate of drug-likeness (QED) is 0.174. The van der Waals surface area contributed by atoms with Crippen molar-refractivity contribution in [2.75, 3.05) is 0 Å². The van der Waals surface area contributed by atoms with Crippen LogP contribution in [0.3, 0.4) is 0 Å². The summed E-state index contributed by atoms with van der Waals surface area (Å²) >= 11 is 4.90. The molecule has 0 bridgehead atoms. The molecule has 0 rings (SSSR count). The van der Waals surface area contributed by atoms with Gasteiger partial charge in [-0.25, -0.2) is 0 Å². The number of hydrogen-bond acceptors (Lipinski definition) is 3. The fraction of sp³-hybridized carbons (Fsp3) is 0. The van der Waals surface area contributed by atoms with Crippen LogP contribution in [-0.4, -0.2) is 17.6 Å². The van der Waals surface area contributed by atoms with Crippen LogP contribution in [0.5, 0.6) is 0 Å². The SMILES string of the molecule is C=[S+]C(=C=N)C(S)=C=N. The third kappa shape index (κ3) is 2.40. The summed E-state index contributed by atoms with van der Waals surface area (Å²) in [5, 5.41) is 13.2. The van der Waals surface area contributed by atoms with E-state index in [1.54, 1.807) is 0 Å². The van der Waals surface area contributed by atoms with Crippen LogP contribution < -0.4 is 0 Å². The lowest BCUT2D eigenvalue weighted by molar-refractivity contribution is 1.58. The Bertz CT molecular complexity index is 219. The molecular formula is C5H5N2S2+. The normalized spacial score (nSPS) is 6.78. The highest BCUT2D eigenvalue weighted by molar-refractivity contribution is 7.89. The van der Waals surface area contributed by atoms with Gasteiger partial charge in [0.15, 0.2) is 5.87 Å². The molecule has 46 valence electrons. The van der Waals surface area contributed by atoms with Crippen molar-refractivity contribution in [2.24, 2.45) is 0 Å². The zero-order valence-electron chi connectivity index (χ0n) is 4.56. The highest BCUT2D eigenvalue weighted by Crippen LogP contribution is 2.04. The Morgan fingerprint density at radius 2 is 2.00 bits per heavy atom. The summed E-state index contributed by atoms with van der Waals surface area (Å²) in [6.45, 7) is 0. The molecule has 0 aromatic heterocycles. The molecule has 2 nitrogen and oxygen atoms in total. The summed E-state index contributed by atoms with van der Waals surface area (Å²) in [4.78, 5) is 0.721. The van der Waals surface area contributed by atoms with E-state index in [4.69, 9.17) is 10.8 Å². The Kier molecular flexibility index (Phi) is 3.93. The van der Waals surface area contributed by atoms with E-state index in [2.05, 4.69) is 24.4 Å². The molecule has 0 aromatic rings. The van der Waals surface area contributed by atoms with Gasteiger partial charge in [-0.1, -0.05) is 0 Å². The van der Waals surface area contributed by atoms with E-state index in [0.717, 1.165) is 11.4 Å². The van der Waals surface area contributed by atoms with Crippen molar-refractivity contribution in [1.82, 2.24) is 0 Å². The van der Waals surface area contributed by atoms with Crippen LogP contribution in [0.1, 0.15) is 0 Å². The number of rotatable bonds is 2. The fourth-order valence-corrected chi connectivity index (χ4v) is 0.730. The number of nitrogens with one attached hydrogen (secondary N) is 2. The summed E-state index contributed by atoms with van der Waals surface area (Å²) in [5.74, 6) is 7.52. The first-order valence-corrected chi connectivity index (χ1v) is 3.40. The van der Waals surface area contributed by atoms with Gasteiger partial charge in [0.05, 0.1) is 5.87 Å². The third-order valence-corrected chi connectivity index (χ3v) is 1.67. The molecule has 0 atom stereocenters. The Hall–Kier alpha value is -0.660. The van der Waals surface area contributed by atoms with Crippen LogP contribution in [0.2, 0.25) is 0 Å². The highest BCUT2D eigenvalue weighted by atomic mass is 32.1. The molecule has 0 aromatic carbocycles. The first-order chi connectivity index (χ1) is 4.26. The van der Waals surface area contributed by atoms with Crippen molar-refractivity contribution in [2.45, 2.75) is 0 Å². The van der Waals surface area contributed by atoms with E-state index in [1.165, 1.54) is 0 Å². The predicted molar refractivity (Wildman–Crippen MR) is 46.0 cm³/mol. The van der Waals surface area contributed by atoms with Crippen LogP contribution in [-0.2, 0) is 11.4 Å². The van der Waals surface area contributed by atoms with Gasteiger partial charge in [0.1, 0.15) is 4.91 Å². The lowest BCUT2D eigenvalue weighted by Gasteiger charge is -1.74. The van der Waals surface area contributed by atoms with Gasteiger partial charge in [-0.3, -0.25) is 10.8 Å². The molecule has 9 heavy (non-hydrogen) atoms. The molecule has 0 aliphatic rings. The van der Waals surface area contributed by atoms with Crippen LogP contribution in [0, 0.1) is 10.8 Å². The Morgan fingerprint density at radius 1 is 1.44 bits per heavy atom. The Morgan fingerprint density at radius 3 is 2.11 bits per heavy atom. The average molecular weight is 157 g/mol. The minimum Gasteiger partial charge on any atom is -0.258 e. The van der Waals surface area contributed by atoms with E-state index >= 15 is 0 Å². The maximum Gasteiger partial charge on any atom is 0.312 e. The summed E-state index contributed by atoms with van der Waals surface area (Å²) < 4.78 is 0. The molecule has 0 fully saturated rings. The second-order valence-corrected chi connectivity index (χ2v) is 2.22. The molecule has 0 amide bonds. The average Bonchev–Trinajstić information content (AvgIpc) is 1.90. The van der Waals surface area contributed by atoms with Gasteiger partial charge in [-0.2, -0.15) is 0 Å². The maximum atomic E-state index is 6.65. The van der Waals surface area contributed by atoms with Crippen molar-refractivity contribution < 1.29 is 0 Å². The number of hydrogen-bond donors (Lipinski definition) is 3. The van der Waals surface area contributed by atoms with Gasteiger partial charge >= 0.3 is 4.91 Å². The van der Waals surface area contributed by atoms with Crippen molar-refractivity contribution in [3.63, 3.8) is 0 Å². The molecule has 0 heterocycles. The van der Waals surface area contributed by atoms with Crippen molar-refractivity contribution in [3.8, 4) is 0 Å². The monoisotopic (exact) mass is 157 g/mol. The molecule has 0 aliphatic carbocycles. The van der Waals surface area contributed by atoms with Gasteiger partial charge < -0.3 is 0 Å². The Labute approximate surface area is 62.7 Å². The number of thiol groups is 1. The maximum absolute atomic E-state index is 6.65. The van der Waals surface area contributed by atoms with Crippen molar-refractivity contribution in [1.29, 1.82) is 10.8 Å². The summed E-state index contributed by atoms with van der Waals surface area (Å²) in [7, 11) is 0. The molecule has 0 saturated carbocycles. The van der Waals surface area contributed by atoms with Gasteiger partial charge in [0, 0.05) is 0 Å². The van der Waals surface area contributed by atoms with Gasteiger partial charge in [-0.15, -0.1) is 12.6 Å². The minimum atomic E-state index is 0.296. The third-order valence-electron chi connectivity index (χ3n) is 0.591. The van der Waals surface area contributed by atoms with Crippen LogP contribution in [0.15, 0.2) is 9.81 Å². The van der Waals surface area contributed by atoms with E-state index in [1.807, 2.05) is 5.87 Å². The topological polar surface area (TPSA) is 47.7 Å². The van der Waals surface area contributed by atoms with Crippen LogP contribution in [0.4, 0.5) is 0 Å². The molecular weight excluding hydrogens is 152 g/mol. The van der Waals surface area contributed by atoms with E-state index in [0.29, 0.717) is 9.81 Å². The smallest absolute Gasteiger partial charge is 0.258 e. The summed E-state index contributed by atoms with van der Waals surface area (Å²) in [6, 6.07) is 0. The van der Waals surface area contributed by atoms with Crippen LogP contribution >= 0.6 is 12.6 Å². The first-order valence-electron chi connectivity index (χ1n) is 1.97. The Balaban J connectivity index is 4.74. The first kappa shape index (κ1) is 8.34. The van der Waals surface area contributed by atoms with Crippen molar-refractivity contribution in [3.05, 3.63) is 9.81 Å². The summed E-state index contributed by atoms with van der Waals surface area (Å²) in [6.07, 6.45) is 0. The van der Waals surface area contributed by atoms with Gasteiger partial charge in [-0.05, 0) is 5.87 Å². The molecule has 0 aliphatic heterocycles. The zero-order valence-corrected chi connectivity index (χ0v) is 6.27. The second kappa shape index (κ2) is 4.24. The molecule has 0 unspecified atom stereocenters. The standard InChI is InChI=1S/C5H4N2S2/c1-9-5(3-7)4(8)2-6/h6-7H,1H2/p+1. The summed E-state index contributed by atoms with van der Waals surface area (Å²) in [5.41, 5.74) is 0. The second-order valence-electron chi connectivity index (χ2n) is 1.07. The molecule has 0 radical (unpaired) electrons. The molecule has 2 N–H and O–H groups in total. The van der Waals surface area contributed by atoms with Crippen LogP contribution in [0.25, 0.3) is 0 Å². The zero-order chi connectivity index (χ0) is 7.28. The largest absolute Gasteiger partial charge is 0.312 e. The molecule has 0 saturated heterocycles. The van der Waals surface area contributed by atoms with E-state index in [-0.39, 0.29) is 0 Å². The minimum absolute atomic E-state index is 0.296. The molecule has 4 heteroatoms. The predicted octanol–water partition coefficient (Wildman–Crippen LogP) is 0.696. The van der Waals surface area contributed by atoms with Crippen molar-refractivity contribution >= 4 is 41.6 Å².